The number of nitrogens with zero attached hydrogens (tertiary/aromatic N) is 1. The van der Waals surface area contributed by atoms with Crippen molar-refractivity contribution in [3.63, 3.8) is 0 Å². The third-order valence-electron chi connectivity index (χ3n) is 3.61. The molecule has 2 nitrogen and oxygen atoms in total. The largest absolute Gasteiger partial charge is 0.507 e. The second kappa shape index (κ2) is 6.90. The van der Waals surface area contributed by atoms with Gasteiger partial charge in [-0.2, -0.15) is 39.5 Å². The Hall–Kier alpha value is -1.94. The summed E-state index contributed by atoms with van der Waals surface area (Å²) in [6.45, 7) is 2.77. The topological polar surface area (TPSA) is 32.6 Å². The maximum atomic E-state index is 13.4. The average molecular weight is 409 g/mol. The van der Waals surface area contributed by atoms with Gasteiger partial charge in [-0.3, -0.25) is 4.99 Å². The molecule has 0 spiro atoms. The number of halogens is 9. The molecular formula is C16H16F9NO. The van der Waals surface area contributed by atoms with Crippen LogP contribution in [0.5, 0.6) is 5.75 Å². The molecule has 0 saturated carbocycles. The summed E-state index contributed by atoms with van der Waals surface area (Å²) in [5.41, 5.74) is -0.420. The summed E-state index contributed by atoms with van der Waals surface area (Å²) >= 11 is 0. The van der Waals surface area contributed by atoms with E-state index in [1.807, 2.05) is 0 Å². The van der Waals surface area contributed by atoms with Crippen molar-refractivity contribution in [2.75, 3.05) is 6.54 Å². The molecule has 1 rings (SSSR count). The standard InChI is InChI=1S/C16H16F9NO/c1-12(2,3)10-6-4-5-9(11(10)27)7-26-8-13(17,18)14(19,20)15(21,22)16(23,24)25/h4-7,27H,8H2,1-3H3. The van der Waals surface area contributed by atoms with Gasteiger partial charge in [0, 0.05) is 11.8 Å². The molecule has 0 aliphatic heterocycles. The molecule has 154 valence electrons. The third kappa shape index (κ3) is 4.32. The van der Waals surface area contributed by atoms with Crippen LogP contribution < -0.4 is 0 Å². The van der Waals surface area contributed by atoms with Crippen LogP contribution in [-0.4, -0.2) is 41.8 Å². The van der Waals surface area contributed by atoms with Crippen LogP contribution in [0.3, 0.4) is 0 Å². The Balaban J connectivity index is 3.13. The number of alkyl halides is 9. The first-order valence-corrected chi connectivity index (χ1v) is 7.39. The van der Waals surface area contributed by atoms with E-state index in [-0.39, 0.29) is 5.56 Å². The van der Waals surface area contributed by atoms with Crippen LogP contribution in [0.15, 0.2) is 23.2 Å². The van der Waals surface area contributed by atoms with Gasteiger partial charge in [-0.05, 0) is 17.0 Å². The smallest absolute Gasteiger partial charge is 0.460 e. The Labute approximate surface area is 148 Å². The number of rotatable bonds is 5. The molecule has 0 aromatic heterocycles. The van der Waals surface area contributed by atoms with Crippen LogP contribution in [0.2, 0.25) is 0 Å². The molecule has 0 radical (unpaired) electrons. The molecule has 0 fully saturated rings. The van der Waals surface area contributed by atoms with Gasteiger partial charge >= 0.3 is 23.9 Å². The highest BCUT2D eigenvalue weighted by Crippen LogP contribution is 2.53. The van der Waals surface area contributed by atoms with Crippen LogP contribution in [0.4, 0.5) is 39.5 Å². The molecule has 0 atom stereocenters. The Morgan fingerprint density at radius 3 is 1.85 bits per heavy atom. The first kappa shape index (κ1) is 23.1. The molecule has 0 heterocycles. The first-order chi connectivity index (χ1) is 11.9. The SMILES string of the molecule is CC(C)(C)c1cccc(C=NCC(F)(F)C(F)(F)C(F)(F)C(F)(F)F)c1O. The highest BCUT2D eigenvalue weighted by Gasteiger charge is 2.81. The lowest BCUT2D eigenvalue weighted by molar-refractivity contribution is -0.394. The van der Waals surface area contributed by atoms with Gasteiger partial charge in [-0.25, -0.2) is 0 Å². The van der Waals surface area contributed by atoms with Crippen molar-refractivity contribution < 1.29 is 44.6 Å². The van der Waals surface area contributed by atoms with E-state index in [4.69, 9.17) is 0 Å². The number of benzene rings is 1. The molecular weight excluding hydrogens is 393 g/mol. The quantitative estimate of drug-likeness (QED) is 0.500. The summed E-state index contributed by atoms with van der Waals surface area (Å²) < 4.78 is 115. The van der Waals surface area contributed by atoms with E-state index in [1.54, 1.807) is 20.8 Å². The summed E-state index contributed by atoms with van der Waals surface area (Å²) in [5, 5.41) is 10.1. The summed E-state index contributed by atoms with van der Waals surface area (Å²) in [5.74, 6) is -19.9. The molecule has 1 aromatic rings. The van der Waals surface area contributed by atoms with Crippen molar-refractivity contribution in [1.82, 2.24) is 0 Å². The van der Waals surface area contributed by atoms with E-state index in [0.717, 1.165) is 0 Å². The van der Waals surface area contributed by atoms with Gasteiger partial charge in [-0.15, -0.1) is 0 Å². The molecule has 0 aliphatic rings. The molecule has 0 amide bonds. The van der Waals surface area contributed by atoms with Crippen molar-refractivity contribution in [1.29, 1.82) is 0 Å². The zero-order valence-electron chi connectivity index (χ0n) is 14.3. The summed E-state index contributed by atoms with van der Waals surface area (Å²) in [6.07, 6.45) is -6.37. The van der Waals surface area contributed by atoms with Gasteiger partial charge in [0.1, 0.15) is 12.3 Å². The van der Waals surface area contributed by atoms with Crippen LogP contribution in [0, 0.1) is 0 Å². The fourth-order valence-electron chi connectivity index (χ4n) is 2.04. The second-order valence-corrected chi connectivity index (χ2v) is 6.81. The molecule has 1 N–H and O–H groups in total. The molecule has 0 bridgehead atoms. The third-order valence-corrected chi connectivity index (χ3v) is 3.61. The average Bonchev–Trinajstić information content (AvgIpc) is 2.46. The molecule has 0 aliphatic carbocycles. The van der Waals surface area contributed by atoms with Crippen molar-refractivity contribution in [3.8, 4) is 5.75 Å². The van der Waals surface area contributed by atoms with Gasteiger partial charge in [0.25, 0.3) is 0 Å². The Kier molecular flexibility index (Phi) is 5.90. The molecule has 1 aromatic carbocycles. The summed E-state index contributed by atoms with van der Waals surface area (Å²) in [6, 6.07) is 4.07. The van der Waals surface area contributed by atoms with Crippen LogP contribution in [0.25, 0.3) is 0 Å². The molecule has 11 heteroatoms. The lowest BCUT2D eigenvalue weighted by Crippen LogP contribution is -2.61. The van der Waals surface area contributed by atoms with Gasteiger partial charge in [0.15, 0.2) is 0 Å². The van der Waals surface area contributed by atoms with E-state index in [0.29, 0.717) is 11.8 Å². The number of phenols is 1. The molecule has 0 saturated heterocycles. The van der Waals surface area contributed by atoms with Gasteiger partial charge in [0.2, 0.25) is 0 Å². The minimum atomic E-state index is -6.95. The number of hydrogen-bond acceptors (Lipinski definition) is 2. The Morgan fingerprint density at radius 2 is 1.41 bits per heavy atom. The van der Waals surface area contributed by atoms with Crippen LogP contribution >= 0.6 is 0 Å². The molecule has 0 unspecified atom stereocenters. The van der Waals surface area contributed by atoms with E-state index < -0.39 is 41.7 Å². The second-order valence-electron chi connectivity index (χ2n) is 6.81. The van der Waals surface area contributed by atoms with Gasteiger partial charge in [0.05, 0.1) is 0 Å². The van der Waals surface area contributed by atoms with Gasteiger partial charge in [-0.1, -0.05) is 32.9 Å². The van der Waals surface area contributed by atoms with E-state index >= 15 is 0 Å². The maximum absolute atomic E-state index is 13.4. The highest BCUT2D eigenvalue weighted by molar-refractivity contribution is 5.84. The minimum absolute atomic E-state index is 0.191. The van der Waals surface area contributed by atoms with Crippen LogP contribution in [0.1, 0.15) is 31.9 Å². The number of aromatic hydroxyl groups is 1. The number of aliphatic imine (C=N–C) groups is 1. The van der Waals surface area contributed by atoms with Crippen molar-refractivity contribution in [3.05, 3.63) is 29.3 Å². The fourth-order valence-corrected chi connectivity index (χ4v) is 2.04. The lowest BCUT2D eigenvalue weighted by Gasteiger charge is -2.32. The zero-order chi connectivity index (χ0) is 21.5. The molecule has 27 heavy (non-hydrogen) atoms. The number of hydrogen-bond donors (Lipinski definition) is 1. The van der Waals surface area contributed by atoms with Gasteiger partial charge < -0.3 is 5.11 Å². The maximum Gasteiger partial charge on any atom is 0.460 e. The van der Waals surface area contributed by atoms with Crippen LogP contribution in [-0.2, 0) is 5.41 Å². The van der Waals surface area contributed by atoms with Crippen molar-refractivity contribution in [2.45, 2.75) is 50.1 Å². The lowest BCUT2D eigenvalue weighted by atomic mass is 9.85. The van der Waals surface area contributed by atoms with E-state index in [2.05, 4.69) is 4.99 Å². The monoisotopic (exact) mass is 409 g/mol. The first-order valence-electron chi connectivity index (χ1n) is 7.39. The summed E-state index contributed by atoms with van der Waals surface area (Å²) in [7, 11) is 0. The number of phenolic OH excluding ortho intramolecular Hbond substituents is 1. The highest BCUT2D eigenvalue weighted by atomic mass is 19.4. The minimum Gasteiger partial charge on any atom is -0.507 e. The van der Waals surface area contributed by atoms with E-state index in [9.17, 15) is 44.6 Å². The Bertz CT molecular complexity index is 703. The van der Waals surface area contributed by atoms with Crippen molar-refractivity contribution >= 4 is 6.21 Å². The fraction of sp³-hybridized carbons (Fsp3) is 0.562. The summed E-state index contributed by atoms with van der Waals surface area (Å²) in [4.78, 5) is 2.84. The predicted molar refractivity (Wildman–Crippen MR) is 80.2 cm³/mol. The van der Waals surface area contributed by atoms with Crippen molar-refractivity contribution in [2.24, 2.45) is 4.99 Å². The Morgan fingerprint density at radius 1 is 0.889 bits per heavy atom. The predicted octanol–water partition coefficient (Wildman–Crippen LogP) is 5.58. The zero-order valence-corrected chi connectivity index (χ0v) is 14.3. The van der Waals surface area contributed by atoms with E-state index in [1.165, 1.54) is 18.2 Å². The number of para-hydroxylation sites is 1. The normalized spacial score (nSPS) is 14.8.